The van der Waals surface area contributed by atoms with Crippen LogP contribution in [0, 0.1) is 0 Å². The molecule has 0 bridgehead atoms. The van der Waals surface area contributed by atoms with Gasteiger partial charge in [-0.05, 0) is 41.4 Å². The first-order valence-electron chi connectivity index (χ1n) is 6.54. The number of ether oxygens (including phenoxy) is 1. The van der Waals surface area contributed by atoms with Crippen LogP contribution in [0.25, 0.3) is 0 Å². The van der Waals surface area contributed by atoms with Crippen LogP contribution in [0.1, 0.15) is 33.1 Å². The second kappa shape index (κ2) is 8.04. The molecule has 1 aromatic rings. The Labute approximate surface area is 122 Å². The summed E-state index contributed by atoms with van der Waals surface area (Å²) in [5.41, 5.74) is 6.30. The molecule has 0 spiro atoms. The van der Waals surface area contributed by atoms with Gasteiger partial charge in [0, 0.05) is 18.3 Å². The molecule has 0 saturated carbocycles. The van der Waals surface area contributed by atoms with E-state index in [9.17, 15) is 4.79 Å². The molecule has 0 saturated heterocycles. The highest BCUT2D eigenvalue weighted by Gasteiger charge is 2.15. The van der Waals surface area contributed by atoms with E-state index in [2.05, 4.69) is 28.2 Å². The Morgan fingerprint density at radius 2 is 2.21 bits per heavy atom. The average molecular weight is 329 g/mol. The SMILES string of the molecule is CCCCCNC(=O)C(C)Oc1cc(N)ccc1Br. The van der Waals surface area contributed by atoms with Crippen molar-refractivity contribution in [3.8, 4) is 5.75 Å². The topological polar surface area (TPSA) is 64.3 Å². The number of rotatable bonds is 7. The van der Waals surface area contributed by atoms with Gasteiger partial charge in [0.2, 0.25) is 0 Å². The highest BCUT2D eigenvalue weighted by atomic mass is 79.9. The largest absolute Gasteiger partial charge is 0.480 e. The summed E-state index contributed by atoms with van der Waals surface area (Å²) in [4.78, 5) is 11.8. The lowest BCUT2D eigenvalue weighted by Crippen LogP contribution is -2.36. The number of carbonyl (C=O) groups is 1. The van der Waals surface area contributed by atoms with Gasteiger partial charge in [-0.25, -0.2) is 0 Å². The highest BCUT2D eigenvalue weighted by molar-refractivity contribution is 9.10. The van der Waals surface area contributed by atoms with Crippen LogP contribution in [-0.4, -0.2) is 18.6 Å². The molecule has 1 atom stereocenters. The van der Waals surface area contributed by atoms with Crippen LogP contribution in [-0.2, 0) is 4.79 Å². The van der Waals surface area contributed by atoms with Gasteiger partial charge < -0.3 is 15.8 Å². The second-order valence-electron chi connectivity index (χ2n) is 4.45. The molecule has 0 aromatic heterocycles. The van der Waals surface area contributed by atoms with E-state index in [0.29, 0.717) is 18.0 Å². The van der Waals surface area contributed by atoms with Crippen molar-refractivity contribution in [1.29, 1.82) is 0 Å². The van der Waals surface area contributed by atoms with Gasteiger partial charge in [0.1, 0.15) is 5.75 Å². The third kappa shape index (κ3) is 5.51. The van der Waals surface area contributed by atoms with Gasteiger partial charge >= 0.3 is 0 Å². The summed E-state index contributed by atoms with van der Waals surface area (Å²) in [5.74, 6) is 0.474. The predicted octanol–water partition coefficient (Wildman–Crippen LogP) is 3.11. The van der Waals surface area contributed by atoms with Crippen molar-refractivity contribution in [3.63, 3.8) is 0 Å². The van der Waals surface area contributed by atoms with Crippen LogP contribution in [0.15, 0.2) is 22.7 Å². The summed E-state index contributed by atoms with van der Waals surface area (Å²) in [6.45, 7) is 4.55. The van der Waals surface area contributed by atoms with Crippen LogP contribution in [0.3, 0.4) is 0 Å². The molecular weight excluding hydrogens is 308 g/mol. The monoisotopic (exact) mass is 328 g/mol. The molecule has 1 amide bonds. The Balaban J connectivity index is 2.47. The first-order valence-corrected chi connectivity index (χ1v) is 7.33. The van der Waals surface area contributed by atoms with E-state index in [-0.39, 0.29) is 5.91 Å². The van der Waals surface area contributed by atoms with Crippen LogP contribution >= 0.6 is 15.9 Å². The van der Waals surface area contributed by atoms with E-state index in [1.807, 2.05) is 0 Å². The zero-order valence-electron chi connectivity index (χ0n) is 11.4. The van der Waals surface area contributed by atoms with Crippen molar-refractivity contribution in [2.75, 3.05) is 12.3 Å². The molecule has 0 aliphatic heterocycles. The Hall–Kier alpha value is -1.23. The number of nitrogens with two attached hydrogens (primary N) is 1. The quantitative estimate of drug-likeness (QED) is 0.597. The van der Waals surface area contributed by atoms with Gasteiger partial charge in [0.15, 0.2) is 6.10 Å². The number of amides is 1. The van der Waals surface area contributed by atoms with Crippen molar-refractivity contribution < 1.29 is 9.53 Å². The van der Waals surface area contributed by atoms with Crippen molar-refractivity contribution in [3.05, 3.63) is 22.7 Å². The Bertz CT molecular complexity index is 424. The Morgan fingerprint density at radius 1 is 1.47 bits per heavy atom. The van der Waals surface area contributed by atoms with Crippen LogP contribution in [0.5, 0.6) is 5.75 Å². The van der Waals surface area contributed by atoms with Crippen molar-refractivity contribution in [2.45, 2.75) is 39.2 Å². The molecule has 5 heteroatoms. The molecule has 0 fully saturated rings. The predicted molar refractivity (Wildman–Crippen MR) is 81.2 cm³/mol. The van der Waals surface area contributed by atoms with Crippen LogP contribution in [0.2, 0.25) is 0 Å². The van der Waals surface area contributed by atoms with E-state index in [1.54, 1.807) is 25.1 Å². The maximum absolute atomic E-state index is 11.8. The number of halogens is 1. The molecule has 0 radical (unpaired) electrons. The molecule has 1 aromatic carbocycles. The fraction of sp³-hybridized carbons (Fsp3) is 0.500. The molecule has 1 unspecified atom stereocenters. The summed E-state index contributed by atoms with van der Waals surface area (Å²) in [6, 6.07) is 5.27. The molecule has 19 heavy (non-hydrogen) atoms. The van der Waals surface area contributed by atoms with E-state index >= 15 is 0 Å². The minimum absolute atomic E-state index is 0.106. The molecule has 1 rings (SSSR count). The lowest BCUT2D eigenvalue weighted by atomic mass is 10.2. The first kappa shape index (κ1) is 15.8. The number of hydrogen-bond acceptors (Lipinski definition) is 3. The maximum Gasteiger partial charge on any atom is 0.260 e. The van der Waals surface area contributed by atoms with Crippen LogP contribution < -0.4 is 15.8 Å². The zero-order chi connectivity index (χ0) is 14.3. The molecule has 3 N–H and O–H groups in total. The van der Waals surface area contributed by atoms with E-state index < -0.39 is 6.10 Å². The smallest absolute Gasteiger partial charge is 0.260 e. The second-order valence-corrected chi connectivity index (χ2v) is 5.30. The first-order chi connectivity index (χ1) is 9.04. The van der Waals surface area contributed by atoms with Crippen LogP contribution in [0.4, 0.5) is 5.69 Å². The standard InChI is InChI=1S/C14H21BrN2O2/c1-3-4-5-8-17-14(18)10(2)19-13-9-11(16)6-7-12(13)15/h6-7,9-10H,3-5,8,16H2,1-2H3,(H,17,18). The molecule has 0 heterocycles. The van der Waals surface area contributed by atoms with Gasteiger partial charge in [-0.15, -0.1) is 0 Å². The van der Waals surface area contributed by atoms with Gasteiger partial charge in [-0.3, -0.25) is 4.79 Å². The van der Waals surface area contributed by atoms with Gasteiger partial charge in [0.05, 0.1) is 4.47 Å². The zero-order valence-corrected chi connectivity index (χ0v) is 13.0. The van der Waals surface area contributed by atoms with E-state index in [4.69, 9.17) is 10.5 Å². The fourth-order valence-corrected chi connectivity index (χ4v) is 1.92. The normalized spacial score (nSPS) is 11.9. The third-order valence-corrected chi connectivity index (χ3v) is 3.36. The third-order valence-electron chi connectivity index (χ3n) is 2.71. The van der Waals surface area contributed by atoms with Gasteiger partial charge in [-0.1, -0.05) is 19.8 Å². The number of benzene rings is 1. The van der Waals surface area contributed by atoms with Crippen molar-refractivity contribution >= 4 is 27.5 Å². The van der Waals surface area contributed by atoms with E-state index in [0.717, 1.165) is 23.7 Å². The number of carbonyl (C=O) groups excluding carboxylic acids is 1. The van der Waals surface area contributed by atoms with Gasteiger partial charge in [-0.2, -0.15) is 0 Å². The Kier molecular flexibility index (Phi) is 6.70. The molecule has 0 aliphatic rings. The summed E-state index contributed by atoms with van der Waals surface area (Å²) < 4.78 is 6.39. The minimum atomic E-state index is -0.542. The number of nitrogen functional groups attached to an aromatic ring is 1. The lowest BCUT2D eigenvalue weighted by molar-refractivity contribution is -0.127. The fourth-order valence-electron chi connectivity index (χ4n) is 1.58. The number of unbranched alkanes of at least 4 members (excludes halogenated alkanes) is 2. The molecule has 4 nitrogen and oxygen atoms in total. The summed E-state index contributed by atoms with van der Waals surface area (Å²) >= 11 is 3.37. The molecule has 106 valence electrons. The maximum atomic E-state index is 11.8. The number of nitrogens with one attached hydrogen (secondary N) is 1. The summed E-state index contributed by atoms with van der Waals surface area (Å²) in [7, 11) is 0. The Morgan fingerprint density at radius 3 is 2.89 bits per heavy atom. The average Bonchev–Trinajstić information content (AvgIpc) is 2.38. The summed E-state index contributed by atoms with van der Waals surface area (Å²) in [5, 5.41) is 2.86. The molecular formula is C14H21BrN2O2. The summed E-state index contributed by atoms with van der Waals surface area (Å²) in [6.07, 6.45) is 2.71. The minimum Gasteiger partial charge on any atom is -0.480 e. The number of hydrogen-bond donors (Lipinski definition) is 2. The van der Waals surface area contributed by atoms with E-state index in [1.165, 1.54) is 0 Å². The lowest BCUT2D eigenvalue weighted by Gasteiger charge is -2.16. The van der Waals surface area contributed by atoms with Gasteiger partial charge in [0.25, 0.3) is 5.91 Å². The number of anilines is 1. The highest BCUT2D eigenvalue weighted by Crippen LogP contribution is 2.27. The van der Waals surface area contributed by atoms with Crippen molar-refractivity contribution in [2.24, 2.45) is 0 Å². The van der Waals surface area contributed by atoms with Crippen molar-refractivity contribution in [1.82, 2.24) is 5.32 Å². The molecule has 0 aliphatic carbocycles.